The number of nitrogens with zero attached hydrogens (tertiary/aromatic N) is 1. The molecule has 4 aliphatic rings. The lowest BCUT2D eigenvalue weighted by Gasteiger charge is -2.56. The van der Waals surface area contributed by atoms with Crippen molar-refractivity contribution in [2.24, 2.45) is 34.2 Å². The zero-order valence-corrected chi connectivity index (χ0v) is 15.5. The molecule has 4 heteroatoms. The van der Waals surface area contributed by atoms with Gasteiger partial charge in [0.2, 0.25) is 0 Å². The Morgan fingerprint density at radius 2 is 2.12 bits per heavy atom. The molecule has 0 unspecified atom stereocenters. The Labute approximate surface area is 154 Å². The first kappa shape index (κ1) is 17.2. The van der Waals surface area contributed by atoms with Crippen molar-refractivity contribution in [1.29, 1.82) is 0 Å². The number of fused-ring (bicyclic) bond motifs is 5. The van der Waals surface area contributed by atoms with E-state index in [0.29, 0.717) is 23.7 Å². The summed E-state index contributed by atoms with van der Waals surface area (Å²) in [6.07, 6.45) is 13.5. The summed E-state index contributed by atoms with van der Waals surface area (Å²) in [6.45, 7) is 2.18. The number of rotatable bonds is 1. The minimum atomic E-state index is -1.08. The van der Waals surface area contributed by atoms with E-state index in [-0.39, 0.29) is 5.41 Å². The maximum atomic E-state index is 11.2. The molecule has 4 aliphatic carbocycles. The molecule has 0 amide bonds. The van der Waals surface area contributed by atoms with Crippen molar-refractivity contribution in [3.8, 4) is 11.3 Å². The first-order valence-corrected chi connectivity index (χ1v) is 9.92. The molecule has 3 nitrogen and oxygen atoms in total. The van der Waals surface area contributed by atoms with Gasteiger partial charge in [-0.3, -0.25) is 0 Å². The summed E-state index contributed by atoms with van der Waals surface area (Å²) in [4.78, 5) is 0. The number of oxime groups is 1. The van der Waals surface area contributed by atoms with Crippen LogP contribution in [0.4, 0.5) is 0 Å². The van der Waals surface area contributed by atoms with Gasteiger partial charge in [-0.2, -0.15) is 0 Å². The summed E-state index contributed by atoms with van der Waals surface area (Å²) in [5.74, 6) is 5.17. The number of halogens is 1. The molecule has 134 valence electrons. The van der Waals surface area contributed by atoms with E-state index in [2.05, 4.69) is 35.5 Å². The van der Waals surface area contributed by atoms with Gasteiger partial charge in [0.15, 0.2) is 5.60 Å². The van der Waals surface area contributed by atoms with E-state index in [1.165, 1.54) is 5.57 Å². The van der Waals surface area contributed by atoms with Gasteiger partial charge in [0.25, 0.3) is 0 Å². The lowest BCUT2D eigenvalue weighted by Crippen LogP contribution is -2.54. The quantitative estimate of drug-likeness (QED) is 0.314. The average Bonchev–Trinajstić information content (AvgIpc) is 2.94. The number of hydrogen-bond donors (Lipinski definition) is 2. The van der Waals surface area contributed by atoms with Crippen LogP contribution >= 0.6 is 11.6 Å². The van der Waals surface area contributed by atoms with E-state index < -0.39 is 5.60 Å². The van der Waals surface area contributed by atoms with Crippen molar-refractivity contribution in [1.82, 2.24) is 0 Å². The fraction of sp³-hybridized carbons (Fsp3) is 0.667. The second-order valence-electron chi connectivity index (χ2n) is 8.24. The SMILES string of the molecule is CC[C@]12CC[C@H]3[C@@H](CCC4=C/C(=N\O)CC[C@@H]43)[C@@H]1C=C[C@@]2(O)C#CCl. The molecule has 2 fully saturated rings. The van der Waals surface area contributed by atoms with Gasteiger partial charge in [-0.25, -0.2) is 0 Å². The van der Waals surface area contributed by atoms with Gasteiger partial charge in [0.1, 0.15) is 0 Å². The summed E-state index contributed by atoms with van der Waals surface area (Å²) in [6, 6.07) is 0. The highest BCUT2D eigenvalue weighted by atomic mass is 35.5. The highest BCUT2D eigenvalue weighted by molar-refractivity contribution is 6.30. The third-order valence-electron chi connectivity index (χ3n) is 7.70. The van der Waals surface area contributed by atoms with Gasteiger partial charge in [0, 0.05) is 10.8 Å². The molecule has 0 radical (unpaired) electrons. The minimum Gasteiger partial charge on any atom is -0.411 e. The van der Waals surface area contributed by atoms with Gasteiger partial charge in [0.05, 0.1) is 5.71 Å². The summed E-state index contributed by atoms with van der Waals surface area (Å²) in [5, 5.41) is 26.2. The minimum absolute atomic E-state index is 0.191. The molecule has 2 N–H and O–H groups in total. The van der Waals surface area contributed by atoms with Crippen LogP contribution in [0, 0.1) is 40.4 Å². The average molecular weight is 360 g/mol. The lowest BCUT2D eigenvalue weighted by molar-refractivity contribution is -0.0871. The third-order valence-corrected chi connectivity index (χ3v) is 7.79. The normalized spacial score (nSPS) is 46.5. The van der Waals surface area contributed by atoms with E-state index in [1.54, 1.807) is 0 Å². The molecule has 25 heavy (non-hydrogen) atoms. The predicted molar refractivity (Wildman–Crippen MR) is 99.4 cm³/mol. The summed E-state index contributed by atoms with van der Waals surface area (Å²) in [7, 11) is 0. The molecule has 0 bridgehead atoms. The monoisotopic (exact) mass is 359 g/mol. The third kappa shape index (κ3) is 2.34. The summed E-state index contributed by atoms with van der Waals surface area (Å²) < 4.78 is 0. The Kier molecular flexibility index (Phi) is 4.25. The predicted octanol–water partition coefficient (Wildman–Crippen LogP) is 4.49. The molecule has 4 rings (SSSR count). The molecular formula is C21H26ClNO2. The van der Waals surface area contributed by atoms with Crippen LogP contribution in [0.25, 0.3) is 0 Å². The second kappa shape index (κ2) is 6.18. The van der Waals surface area contributed by atoms with E-state index in [4.69, 9.17) is 16.8 Å². The van der Waals surface area contributed by atoms with Crippen LogP contribution in [0.15, 0.2) is 29.0 Å². The first-order valence-electron chi connectivity index (χ1n) is 9.54. The van der Waals surface area contributed by atoms with E-state index in [1.807, 2.05) is 6.08 Å². The highest BCUT2D eigenvalue weighted by Gasteiger charge is 2.61. The highest BCUT2D eigenvalue weighted by Crippen LogP contribution is 2.63. The standard InChI is InChI=1S/C21H26ClNO2/c1-2-20-9-7-17-16-6-4-15(23-25)13-14(16)3-5-18(17)19(20)8-10-21(20,24)11-12-22/h8,10,13,16-19,24-25H,2-7,9H2,1H3/b23-15-/t16-,17+,18+,19-,20-,21+/m0/s1. The zero-order chi connectivity index (χ0) is 17.7. The van der Waals surface area contributed by atoms with Gasteiger partial charge in [-0.05, 0) is 98.3 Å². The lowest BCUT2D eigenvalue weighted by atomic mass is 9.49. The molecule has 0 aromatic heterocycles. The van der Waals surface area contributed by atoms with Crippen molar-refractivity contribution in [2.75, 3.05) is 0 Å². The molecule has 0 heterocycles. The maximum absolute atomic E-state index is 11.2. The molecule has 0 spiro atoms. The molecule has 0 aromatic carbocycles. The van der Waals surface area contributed by atoms with Crippen molar-refractivity contribution in [3.63, 3.8) is 0 Å². The largest absolute Gasteiger partial charge is 0.411 e. The van der Waals surface area contributed by atoms with Crippen molar-refractivity contribution in [3.05, 3.63) is 23.8 Å². The fourth-order valence-electron chi connectivity index (χ4n) is 6.52. The number of aliphatic hydroxyl groups is 1. The van der Waals surface area contributed by atoms with Crippen molar-refractivity contribution < 1.29 is 10.3 Å². The Morgan fingerprint density at radius 1 is 1.28 bits per heavy atom. The number of hydrogen-bond acceptors (Lipinski definition) is 3. The topological polar surface area (TPSA) is 52.8 Å². The number of allylic oxidation sites excluding steroid dienone is 3. The van der Waals surface area contributed by atoms with Crippen molar-refractivity contribution >= 4 is 17.3 Å². The van der Waals surface area contributed by atoms with E-state index in [9.17, 15) is 5.11 Å². The van der Waals surface area contributed by atoms with Crippen LogP contribution in [0.5, 0.6) is 0 Å². The molecule has 0 saturated heterocycles. The van der Waals surface area contributed by atoms with Gasteiger partial charge >= 0.3 is 0 Å². The van der Waals surface area contributed by atoms with Gasteiger partial charge in [-0.1, -0.05) is 23.7 Å². The van der Waals surface area contributed by atoms with Crippen LogP contribution in [-0.4, -0.2) is 21.6 Å². The van der Waals surface area contributed by atoms with E-state index in [0.717, 1.165) is 50.7 Å². The Hall–Kier alpha value is -1.24. The Morgan fingerprint density at radius 3 is 2.84 bits per heavy atom. The molecule has 6 atom stereocenters. The Bertz CT molecular complexity index is 715. The van der Waals surface area contributed by atoms with Gasteiger partial charge in [-0.15, -0.1) is 0 Å². The first-order chi connectivity index (χ1) is 12.1. The maximum Gasteiger partial charge on any atom is 0.151 e. The van der Waals surface area contributed by atoms with Crippen LogP contribution < -0.4 is 0 Å². The summed E-state index contributed by atoms with van der Waals surface area (Å²) in [5.41, 5.74) is 1.03. The summed E-state index contributed by atoms with van der Waals surface area (Å²) >= 11 is 5.68. The zero-order valence-electron chi connectivity index (χ0n) is 14.7. The van der Waals surface area contributed by atoms with Crippen LogP contribution in [0.1, 0.15) is 51.9 Å². The molecular weight excluding hydrogens is 334 g/mol. The molecule has 0 aliphatic heterocycles. The van der Waals surface area contributed by atoms with Crippen molar-refractivity contribution in [2.45, 2.75) is 57.5 Å². The Balaban J connectivity index is 1.67. The van der Waals surface area contributed by atoms with E-state index >= 15 is 0 Å². The molecule has 0 aromatic rings. The van der Waals surface area contributed by atoms with Crippen LogP contribution in [0.3, 0.4) is 0 Å². The molecule has 2 saturated carbocycles. The second-order valence-corrected chi connectivity index (χ2v) is 8.43. The van der Waals surface area contributed by atoms with Crippen LogP contribution in [-0.2, 0) is 0 Å². The van der Waals surface area contributed by atoms with Crippen LogP contribution in [0.2, 0.25) is 0 Å². The fourth-order valence-corrected chi connectivity index (χ4v) is 6.66. The van der Waals surface area contributed by atoms with Gasteiger partial charge < -0.3 is 10.3 Å². The smallest absolute Gasteiger partial charge is 0.151 e.